The van der Waals surface area contributed by atoms with Crippen LogP contribution in [0.3, 0.4) is 0 Å². The van der Waals surface area contributed by atoms with E-state index in [1.807, 2.05) is 41.8 Å². The first kappa shape index (κ1) is 31.0. The number of carbonyl (C=O) groups is 2. The molecule has 1 amide bonds. The number of rotatable bonds is 10. The molecule has 4 N–H and O–H groups in total. The van der Waals surface area contributed by atoms with Crippen LogP contribution in [0, 0.1) is 0 Å². The van der Waals surface area contributed by atoms with E-state index in [-0.39, 0.29) is 11.7 Å². The number of halogens is 3. The number of carboxylic acids is 1. The van der Waals surface area contributed by atoms with Gasteiger partial charge in [0.1, 0.15) is 5.52 Å². The summed E-state index contributed by atoms with van der Waals surface area (Å²) >= 11 is 0. The molecule has 0 unspecified atom stereocenters. The van der Waals surface area contributed by atoms with E-state index in [9.17, 15) is 18.0 Å². The van der Waals surface area contributed by atoms with Crippen molar-refractivity contribution in [2.24, 2.45) is 0 Å². The number of aromatic nitrogens is 5. The minimum atomic E-state index is -5.08. The zero-order valence-electron chi connectivity index (χ0n) is 22.8. The SMILES string of the molecule is CCN(CC)CCCNC(=O)c1cnc(-c2ccccc2)c2nc(-c3nonc3N)n(CC)c12.O=C(O)C(F)(F)F. The number of aliphatic carboxylic acids is 1. The fraction of sp³-hybridized carbons (Fsp3) is 0.385. The number of imidazole rings is 1. The van der Waals surface area contributed by atoms with Gasteiger partial charge in [0.05, 0.1) is 16.8 Å². The van der Waals surface area contributed by atoms with Crippen molar-refractivity contribution in [1.82, 2.24) is 35.1 Å². The summed E-state index contributed by atoms with van der Waals surface area (Å²) in [5.74, 6) is -2.32. The average molecular weight is 577 g/mol. The molecule has 0 aliphatic heterocycles. The van der Waals surface area contributed by atoms with Gasteiger partial charge in [-0.2, -0.15) is 13.2 Å². The van der Waals surface area contributed by atoms with E-state index in [1.165, 1.54) is 0 Å². The van der Waals surface area contributed by atoms with Crippen LogP contribution in [-0.2, 0) is 11.3 Å². The topological polar surface area (TPSA) is 165 Å². The highest BCUT2D eigenvalue weighted by Crippen LogP contribution is 2.33. The van der Waals surface area contributed by atoms with Crippen LogP contribution >= 0.6 is 0 Å². The van der Waals surface area contributed by atoms with E-state index < -0.39 is 12.1 Å². The number of aryl methyl sites for hydroxylation is 1. The van der Waals surface area contributed by atoms with Crippen LogP contribution in [0.2, 0.25) is 0 Å². The molecule has 15 heteroatoms. The van der Waals surface area contributed by atoms with Crippen LogP contribution in [0.25, 0.3) is 33.8 Å². The molecule has 0 aliphatic rings. The van der Waals surface area contributed by atoms with Gasteiger partial charge in [0.15, 0.2) is 17.3 Å². The Balaban J connectivity index is 0.000000587. The Hall–Kier alpha value is -4.53. The number of hydrogen-bond acceptors (Lipinski definition) is 9. The minimum absolute atomic E-state index is 0.140. The van der Waals surface area contributed by atoms with Crippen molar-refractivity contribution in [2.75, 3.05) is 31.9 Å². The first-order valence-electron chi connectivity index (χ1n) is 12.9. The number of nitrogens with one attached hydrogen (secondary N) is 1. The van der Waals surface area contributed by atoms with Gasteiger partial charge in [-0.05, 0) is 43.3 Å². The number of nitrogen functional groups attached to an aromatic ring is 1. The number of hydrogen-bond donors (Lipinski definition) is 3. The highest BCUT2D eigenvalue weighted by atomic mass is 19.4. The van der Waals surface area contributed by atoms with E-state index in [2.05, 4.69) is 39.4 Å². The molecule has 4 rings (SSSR count). The lowest BCUT2D eigenvalue weighted by Gasteiger charge is -2.17. The van der Waals surface area contributed by atoms with Crippen molar-refractivity contribution in [1.29, 1.82) is 0 Å². The molecule has 0 radical (unpaired) electrons. The number of anilines is 1. The van der Waals surface area contributed by atoms with Crippen molar-refractivity contribution >= 4 is 28.7 Å². The summed E-state index contributed by atoms with van der Waals surface area (Å²) in [5.41, 5.74) is 9.61. The number of pyridine rings is 1. The van der Waals surface area contributed by atoms with Gasteiger partial charge in [-0.3, -0.25) is 9.78 Å². The van der Waals surface area contributed by atoms with Crippen molar-refractivity contribution in [3.63, 3.8) is 0 Å². The molecule has 0 atom stereocenters. The van der Waals surface area contributed by atoms with Crippen LogP contribution in [0.5, 0.6) is 0 Å². The maximum Gasteiger partial charge on any atom is 0.490 e. The molecule has 0 fully saturated rings. The van der Waals surface area contributed by atoms with Gasteiger partial charge in [-0.1, -0.05) is 44.2 Å². The smallest absolute Gasteiger partial charge is 0.475 e. The summed E-state index contributed by atoms with van der Waals surface area (Å²) in [6, 6.07) is 9.75. The number of fused-ring (bicyclic) bond motifs is 1. The van der Waals surface area contributed by atoms with Gasteiger partial charge in [-0.25, -0.2) is 14.4 Å². The minimum Gasteiger partial charge on any atom is -0.475 e. The van der Waals surface area contributed by atoms with Gasteiger partial charge < -0.3 is 25.6 Å². The number of carbonyl (C=O) groups excluding carboxylic acids is 1. The molecule has 1 aromatic carbocycles. The third kappa shape index (κ3) is 7.36. The van der Waals surface area contributed by atoms with Crippen molar-refractivity contribution in [3.05, 3.63) is 42.1 Å². The zero-order valence-corrected chi connectivity index (χ0v) is 22.8. The molecule has 12 nitrogen and oxygen atoms in total. The first-order chi connectivity index (χ1) is 19.5. The highest BCUT2D eigenvalue weighted by Gasteiger charge is 2.38. The van der Waals surface area contributed by atoms with Crippen molar-refractivity contribution < 1.29 is 32.5 Å². The predicted molar refractivity (Wildman–Crippen MR) is 145 cm³/mol. The molecule has 3 heterocycles. The lowest BCUT2D eigenvalue weighted by molar-refractivity contribution is -0.192. The molecular weight excluding hydrogens is 545 g/mol. The second-order valence-corrected chi connectivity index (χ2v) is 8.70. The standard InChI is InChI=1S/C24H30N8O2.C2HF3O2/c1-4-31(5-2)14-10-13-26-24(33)17-15-27-18(16-11-8-7-9-12-16)19-21(17)32(6-3)23(28-19)20-22(25)30-34-29-20;3-2(4,5)1(6)7/h7-9,11-12,15H,4-6,10,13-14H2,1-3H3,(H2,25,30)(H,26,33);(H,6,7). The van der Waals surface area contributed by atoms with E-state index in [0.29, 0.717) is 46.9 Å². The van der Waals surface area contributed by atoms with Gasteiger partial charge in [0.2, 0.25) is 0 Å². The largest absolute Gasteiger partial charge is 0.490 e. The summed E-state index contributed by atoms with van der Waals surface area (Å²) < 4.78 is 38.5. The van der Waals surface area contributed by atoms with E-state index in [0.717, 1.165) is 31.6 Å². The molecule has 0 saturated carbocycles. The number of benzene rings is 1. The normalized spacial score (nSPS) is 11.4. The summed E-state index contributed by atoms with van der Waals surface area (Å²) in [4.78, 5) is 33.9. The number of amides is 1. The van der Waals surface area contributed by atoms with Crippen molar-refractivity contribution in [3.8, 4) is 22.8 Å². The third-order valence-corrected chi connectivity index (χ3v) is 6.18. The molecule has 41 heavy (non-hydrogen) atoms. The second kappa shape index (κ2) is 13.7. The van der Waals surface area contributed by atoms with Crippen LogP contribution in [0.1, 0.15) is 37.6 Å². The van der Waals surface area contributed by atoms with E-state index in [4.69, 9.17) is 25.2 Å². The Morgan fingerprint density at radius 1 is 1.10 bits per heavy atom. The average Bonchev–Trinajstić information content (AvgIpc) is 3.55. The summed E-state index contributed by atoms with van der Waals surface area (Å²) in [6.07, 6.45) is -2.60. The third-order valence-electron chi connectivity index (χ3n) is 6.18. The lowest BCUT2D eigenvalue weighted by atomic mass is 10.1. The Morgan fingerprint density at radius 2 is 1.76 bits per heavy atom. The monoisotopic (exact) mass is 576 g/mol. The number of nitrogens with zero attached hydrogens (tertiary/aromatic N) is 6. The summed E-state index contributed by atoms with van der Waals surface area (Å²) in [7, 11) is 0. The van der Waals surface area contributed by atoms with Crippen LogP contribution in [-0.4, -0.2) is 79.1 Å². The van der Waals surface area contributed by atoms with E-state index >= 15 is 0 Å². The number of carboxylic acid groups (broad SMARTS) is 1. The number of nitrogens with two attached hydrogens (primary N) is 1. The molecule has 220 valence electrons. The molecule has 0 saturated heterocycles. The summed E-state index contributed by atoms with van der Waals surface area (Å²) in [5, 5.41) is 17.8. The highest BCUT2D eigenvalue weighted by molar-refractivity contribution is 6.08. The second-order valence-electron chi connectivity index (χ2n) is 8.70. The van der Waals surface area contributed by atoms with Crippen LogP contribution in [0.15, 0.2) is 41.2 Å². The Labute approximate surface area is 233 Å². The lowest BCUT2D eigenvalue weighted by Crippen LogP contribution is -2.30. The molecular formula is C26H31F3N8O4. The quantitative estimate of drug-likeness (QED) is 0.236. The van der Waals surface area contributed by atoms with Crippen LogP contribution in [0.4, 0.5) is 19.0 Å². The van der Waals surface area contributed by atoms with Crippen LogP contribution < -0.4 is 11.1 Å². The Kier molecular flexibility index (Phi) is 10.4. The Bertz CT molecular complexity index is 1470. The number of alkyl halides is 3. The fourth-order valence-corrected chi connectivity index (χ4v) is 4.09. The molecule has 0 bridgehead atoms. The Morgan fingerprint density at radius 3 is 2.29 bits per heavy atom. The van der Waals surface area contributed by atoms with Gasteiger partial charge in [0.25, 0.3) is 5.91 Å². The molecule has 4 aromatic rings. The molecule has 0 spiro atoms. The zero-order chi connectivity index (χ0) is 30.2. The maximum atomic E-state index is 13.2. The molecule has 3 aromatic heterocycles. The maximum absolute atomic E-state index is 13.2. The summed E-state index contributed by atoms with van der Waals surface area (Å²) in [6.45, 7) is 10.3. The van der Waals surface area contributed by atoms with Crippen molar-refractivity contribution in [2.45, 2.75) is 39.9 Å². The predicted octanol–water partition coefficient (Wildman–Crippen LogP) is 3.85. The van der Waals surface area contributed by atoms with E-state index in [1.54, 1.807) is 6.20 Å². The molecule has 0 aliphatic carbocycles. The fourth-order valence-electron chi connectivity index (χ4n) is 4.09. The van der Waals surface area contributed by atoms with Gasteiger partial charge in [0, 0.05) is 24.8 Å². The first-order valence-corrected chi connectivity index (χ1v) is 12.9. The van der Waals surface area contributed by atoms with Gasteiger partial charge >= 0.3 is 12.1 Å². The van der Waals surface area contributed by atoms with Gasteiger partial charge in [-0.15, -0.1) is 0 Å².